The number of fused-ring (bicyclic) bond motifs is 1. The van der Waals surface area contributed by atoms with Crippen molar-refractivity contribution in [1.82, 2.24) is 4.98 Å². The molecule has 1 fully saturated rings. The van der Waals surface area contributed by atoms with E-state index in [0.717, 1.165) is 30.6 Å². The number of aromatic nitrogens is 1. The van der Waals surface area contributed by atoms with E-state index in [0.29, 0.717) is 58.8 Å². The molecule has 2 aromatic carbocycles. The zero-order valence-electron chi connectivity index (χ0n) is 22.6. The first kappa shape index (κ1) is 27.4. The van der Waals surface area contributed by atoms with Gasteiger partial charge in [-0.05, 0) is 49.2 Å². The summed E-state index contributed by atoms with van der Waals surface area (Å²) in [6, 6.07) is 11.0. The molecule has 1 amide bonds. The van der Waals surface area contributed by atoms with Gasteiger partial charge in [0.15, 0.2) is 22.4 Å². The van der Waals surface area contributed by atoms with Crippen LogP contribution in [0.15, 0.2) is 48.0 Å². The number of carbonyl (C=O) groups is 3. The Morgan fingerprint density at radius 3 is 2.62 bits per heavy atom. The van der Waals surface area contributed by atoms with Crippen LogP contribution in [0.1, 0.15) is 65.6 Å². The van der Waals surface area contributed by atoms with Gasteiger partial charge in [0, 0.05) is 12.5 Å². The number of aryl methyl sites for hydroxylation is 1. The van der Waals surface area contributed by atoms with Gasteiger partial charge in [0.05, 0.1) is 28.8 Å². The van der Waals surface area contributed by atoms with Crippen LogP contribution < -0.4 is 19.1 Å². The van der Waals surface area contributed by atoms with Crippen LogP contribution in [0.4, 0.5) is 5.13 Å². The molecule has 0 radical (unpaired) electrons. The molecule has 0 saturated carbocycles. The minimum Gasteiger partial charge on any atom is -0.507 e. The molecular formula is C30H30N2O7S. The lowest BCUT2D eigenvalue weighted by atomic mass is 9.95. The minimum atomic E-state index is -1.00. The number of Topliss-reactive ketones (excluding diaryl/α,β-unsaturated/α-hetero) is 2. The third-order valence-electron chi connectivity index (χ3n) is 6.76. The van der Waals surface area contributed by atoms with Crippen molar-refractivity contribution < 1.29 is 33.7 Å². The lowest BCUT2D eigenvalue weighted by molar-refractivity contribution is -0.132. The van der Waals surface area contributed by atoms with Crippen LogP contribution >= 0.6 is 11.3 Å². The fourth-order valence-electron chi connectivity index (χ4n) is 4.82. The second-order valence-corrected chi connectivity index (χ2v) is 10.6. The molecule has 208 valence electrons. The fraction of sp³-hybridized carbons (Fsp3) is 0.333. The molecule has 1 aromatic heterocycles. The molecule has 1 unspecified atom stereocenters. The molecule has 2 aliphatic rings. The third kappa shape index (κ3) is 5.19. The van der Waals surface area contributed by atoms with Crippen LogP contribution in [0.25, 0.3) is 5.76 Å². The first-order chi connectivity index (χ1) is 19.3. The molecule has 2 aliphatic heterocycles. The number of aliphatic hydroxyl groups excluding tert-OH is 1. The summed E-state index contributed by atoms with van der Waals surface area (Å²) in [5.41, 5.74) is 1.23. The monoisotopic (exact) mass is 562 g/mol. The van der Waals surface area contributed by atoms with Gasteiger partial charge >= 0.3 is 5.91 Å². The maximum atomic E-state index is 13.5. The highest BCUT2D eigenvalue weighted by molar-refractivity contribution is 7.18. The van der Waals surface area contributed by atoms with Crippen molar-refractivity contribution >= 4 is 39.7 Å². The van der Waals surface area contributed by atoms with Crippen molar-refractivity contribution in [3.8, 4) is 17.2 Å². The highest BCUT2D eigenvalue weighted by Crippen LogP contribution is 2.45. The van der Waals surface area contributed by atoms with Crippen molar-refractivity contribution in [2.24, 2.45) is 0 Å². The van der Waals surface area contributed by atoms with E-state index in [1.54, 1.807) is 43.3 Å². The molecule has 0 aliphatic carbocycles. The maximum Gasteiger partial charge on any atom is 0.301 e. The Kier molecular flexibility index (Phi) is 7.88. The van der Waals surface area contributed by atoms with Crippen molar-refractivity contribution in [3.63, 3.8) is 0 Å². The van der Waals surface area contributed by atoms with Crippen LogP contribution in [0, 0.1) is 6.92 Å². The smallest absolute Gasteiger partial charge is 0.301 e. The number of hydrogen-bond acceptors (Lipinski definition) is 9. The number of ketones is 2. The molecule has 1 N–H and O–H groups in total. The van der Waals surface area contributed by atoms with Gasteiger partial charge < -0.3 is 19.3 Å². The third-order valence-corrected chi connectivity index (χ3v) is 8.02. The number of carbonyl (C=O) groups excluding carboxylic acids is 3. The Morgan fingerprint density at radius 1 is 1.12 bits per heavy atom. The van der Waals surface area contributed by atoms with Gasteiger partial charge in [-0.3, -0.25) is 19.3 Å². The van der Waals surface area contributed by atoms with E-state index in [1.165, 1.54) is 11.8 Å². The summed E-state index contributed by atoms with van der Waals surface area (Å²) < 4.78 is 17.2. The molecule has 0 spiro atoms. The van der Waals surface area contributed by atoms with Gasteiger partial charge in [0.25, 0.3) is 5.78 Å². The van der Waals surface area contributed by atoms with Crippen LogP contribution in [0.2, 0.25) is 0 Å². The zero-order valence-corrected chi connectivity index (χ0v) is 23.4. The van der Waals surface area contributed by atoms with Crippen molar-refractivity contribution in [1.29, 1.82) is 0 Å². The lowest BCUT2D eigenvalue weighted by Crippen LogP contribution is -2.29. The van der Waals surface area contributed by atoms with E-state index in [9.17, 15) is 19.5 Å². The highest BCUT2D eigenvalue weighted by atomic mass is 32.1. The SMILES string of the molecule is CCCCCOc1cccc(C2/C(=C(/O)c3ccc4c(c3)OCCO4)C(=O)C(=O)N2c2nc(C)c(C(C)=O)s2)c1. The summed E-state index contributed by atoms with van der Waals surface area (Å²) in [4.78, 5) is 45.4. The number of ether oxygens (including phenoxy) is 3. The van der Waals surface area contributed by atoms with E-state index < -0.39 is 17.7 Å². The van der Waals surface area contributed by atoms with Gasteiger partial charge in [-0.2, -0.15) is 0 Å². The average molecular weight is 563 g/mol. The first-order valence-corrected chi connectivity index (χ1v) is 14.0. The van der Waals surface area contributed by atoms with E-state index in [2.05, 4.69) is 11.9 Å². The normalized spacial score (nSPS) is 17.8. The molecule has 1 atom stereocenters. The number of hydrogen-bond donors (Lipinski definition) is 1. The molecule has 3 aromatic rings. The van der Waals surface area contributed by atoms with Gasteiger partial charge in [-0.15, -0.1) is 0 Å². The highest BCUT2D eigenvalue weighted by Gasteiger charge is 2.48. The first-order valence-electron chi connectivity index (χ1n) is 13.2. The molecule has 5 rings (SSSR count). The zero-order chi connectivity index (χ0) is 28.4. The van der Waals surface area contributed by atoms with E-state index in [4.69, 9.17) is 14.2 Å². The van der Waals surface area contributed by atoms with E-state index in [1.807, 2.05) is 6.07 Å². The second-order valence-electron chi connectivity index (χ2n) is 9.62. The summed E-state index contributed by atoms with van der Waals surface area (Å²) in [6.07, 6.45) is 3.00. The predicted molar refractivity (Wildman–Crippen MR) is 151 cm³/mol. The molecule has 10 heteroatoms. The Hall–Kier alpha value is -4.18. The average Bonchev–Trinajstić information content (AvgIpc) is 3.47. The number of amides is 1. The number of nitrogens with zero attached hydrogens (tertiary/aromatic N) is 2. The number of rotatable bonds is 9. The summed E-state index contributed by atoms with van der Waals surface area (Å²) in [6.45, 7) is 6.52. The standard InChI is InChI=1S/C30H30N2O7S/c1-4-5-6-12-37-21-9-7-8-19(15-21)25-24(26(34)20-10-11-22-23(16-20)39-14-13-38-22)27(35)29(36)32(25)30-31-17(2)28(40-30)18(3)33/h7-11,15-16,25,34H,4-6,12-14H2,1-3H3/b26-24-. The maximum absolute atomic E-state index is 13.5. The minimum absolute atomic E-state index is 0.0953. The molecule has 1 saturated heterocycles. The van der Waals surface area contributed by atoms with Gasteiger partial charge in [0.2, 0.25) is 0 Å². The molecule has 9 nitrogen and oxygen atoms in total. The number of thiazole rings is 1. The number of anilines is 1. The van der Waals surface area contributed by atoms with Crippen LogP contribution in [-0.2, 0) is 9.59 Å². The quantitative estimate of drug-likeness (QED) is 0.117. The van der Waals surface area contributed by atoms with E-state index in [-0.39, 0.29) is 22.2 Å². The molecular weight excluding hydrogens is 532 g/mol. The Morgan fingerprint density at radius 2 is 1.90 bits per heavy atom. The number of unbranched alkanes of at least 4 members (excludes halogenated alkanes) is 2. The summed E-state index contributed by atoms with van der Waals surface area (Å²) in [5, 5.41) is 11.7. The topological polar surface area (TPSA) is 115 Å². The van der Waals surface area contributed by atoms with Gasteiger partial charge in [-0.1, -0.05) is 43.2 Å². The molecule has 40 heavy (non-hydrogen) atoms. The lowest BCUT2D eigenvalue weighted by Gasteiger charge is -2.24. The molecule has 0 bridgehead atoms. The van der Waals surface area contributed by atoms with Crippen LogP contribution in [-0.4, -0.2) is 47.4 Å². The van der Waals surface area contributed by atoms with Crippen LogP contribution in [0.5, 0.6) is 17.2 Å². The number of benzene rings is 2. The summed E-state index contributed by atoms with van der Waals surface area (Å²) in [7, 11) is 0. The van der Waals surface area contributed by atoms with Crippen molar-refractivity contribution in [3.05, 3.63) is 69.7 Å². The fourth-order valence-corrected chi connectivity index (χ4v) is 5.81. The Labute approximate surface area is 236 Å². The van der Waals surface area contributed by atoms with Crippen molar-refractivity contribution in [2.45, 2.75) is 46.1 Å². The Bertz CT molecular complexity index is 1510. The van der Waals surface area contributed by atoms with Gasteiger partial charge in [0.1, 0.15) is 24.7 Å². The van der Waals surface area contributed by atoms with Crippen molar-refractivity contribution in [2.75, 3.05) is 24.7 Å². The largest absolute Gasteiger partial charge is 0.507 e. The summed E-state index contributed by atoms with van der Waals surface area (Å²) in [5.74, 6) is -0.692. The summed E-state index contributed by atoms with van der Waals surface area (Å²) >= 11 is 1.04. The predicted octanol–water partition coefficient (Wildman–Crippen LogP) is 5.62. The molecule has 3 heterocycles. The van der Waals surface area contributed by atoms with Gasteiger partial charge in [-0.25, -0.2) is 4.98 Å². The van der Waals surface area contributed by atoms with Crippen LogP contribution in [0.3, 0.4) is 0 Å². The Balaban J connectivity index is 1.63. The number of aliphatic hydroxyl groups is 1. The van der Waals surface area contributed by atoms with E-state index >= 15 is 0 Å². The second kappa shape index (κ2) is 11.5.